The Hall–Kier alpha value is -1.89. The largest absolute Gasteiger partial charge is 0.248 e. The highest BCUT2D eigenvalue weighted by molar-refractivity contribution is 5.59. The van der Waals surface area contributed by atoms with Crippen LogP contribution in [-0.2, 0) is 0 Å². The number of rotatable bonds is 1. The molecule has 0 radical (unpaired) electrons. The average Bonchev–Trinajstić information content (AvgIpc) is 2.39. The summed E-state index contributed by atoms with van der Waals surface area (Å²) in [5.41, 5.74) is 2.24. The first kappa shape index (κ1) is 10.3. The van der Waals surface area contributed by atoms with E-state index < -0.39 is 0 Å². The van der Waals surface area contributed by atoms with Crippen LogP contribution in [0.5, 0.6) is 0 Å². The van der Waals surface area contributed by atoms with E-state index in [1.54, 1.807) is 0 Å². The van der Waals surface area contributed by atoms with Gasteiger partial charge in [-0.15, -0.1) is 0 Å². The molecule has 0 amide bonds. The lowest BCUT2D eigenvalue weighted by atomic mass is 10.0. The Balaban J connectivity index is 2.17. The van der Waals surface area contributed by atoms with Gasteiger partial charge in [0.1, 0.15) is 0 Å². The quantitative estimate of drug-likeness (QED) is 0.720. The number of hydrogen-bond donors (Lipinski definition) is 0. The third-order valence-electron chi connectivity index (χ3n) is 3.18. The minimum Gasteiger partial charge on any atom is -0.248 e. The molecule has 1 heteroatoms. The van der Waals surface area contributed by atoms with E-state index in [-0.39, 0.29) is 0 Å². The topological polar surface area (TPSA) is 12.9 Å². The molecule has 1 aliphatic carbocycles. The first-order chi connectivity index (χ1) is 8.33. The molecule has 1 atom stereocenters. The molecule has 1 heterocycles. The predicted molar refractivity (Wildman–Crippen MR) is 71.6 cm³/mol. The number of fused-ring (bicyclic) bond motifs is 1. The maximum atomic E-state index is 4.75. The lowest BCUT2D eigenvalue weighted by Crippen LogP contribution is -2.31. The Bertz CT molecular complexity index is 641. The van der Waals surface area contributed by atoms with Gasteiger partial charge in [-0.05, 0) is 23.6 Å². The molecule has 2 aromatic rings. The summed E-state index contributed by atoms with van der Waals surface area (Å²) in [7, 11) is 0. The fourth-order valence-electron chi connectivity index (χ4n) is 2.21. The zero-order valence-corrected chi connectivity index (χ0v) is 9.93. The van der Waals surface area contributed by atoms with Crippen molar-refractivity contribution in [2.75, 3.05) is 0 Å². The lowest BCUT2D eigenvalue weighted by molar-refractivity contribution is 0.795. The zero-order chi connectivity index (χ0) is 11.7. The van der Waals surface area contributed by atoms with Crippen molar-refractivity contribution in [2.24, 2.45) is 5.92 Å². The van der Waals surface area contributed by atoms with Crippen LogP contribution in [0.15, 0.2) is 42.5 Å². The van der Waals surface area contributed by atoms with Gasteiger partial charge < -0.3 is 0 Å². The molecule has 0 N–H and O–H groups in total. The lowest BCUT2D eigenvalue weighted by Gasteiger charge is -2.08. The van der Waals surface area contributed by atoms with E-state index in [1.165, 1.54) is 10.8 Å². The van der Waals surface area contributed by atoms with Crippen LogP contribution >= 0.6 is 0 Å². The van der Waals surface area contributed by atoms with Crippen LogP contribution < -0.4 is 10.6 Å². The highest BCUT2D eigenvalue weighted by Crippen LogP contribution is 2.14. The molecule has 17 heavy (non-hydrogen) atoms. The second kappa shape index (κ2) is 4.17. The summed E-state index contributed by atoms with van der Waals surface area (Å²) < 4.78 is 0. The minimum absolute atomic E-state index is 0.598. The van der Waals surface area contributed by atoms with Gasteiger partial charge in [0.25, 0.3) is 0 Å². The summed E-state index contributed by atoms with van der Waals surface area (Å²) in [4.78, 5) is 4.75. The van der Waals surface area contributed by atoms with E-state index in [0.29, 0.717) is 5.92 Å². The normalized spacial score (nSPS) is 17.8. The van der Waals surface area contributed by atoms with Crippen molar-refractivity contribution in [2.45, 2.75) is 13.3 Å². The van der Waals surface area contributed by atoms with Gasteiger partial charge in [0.2, 0.25) is 0 Å². The van der Waals surface area contributed by atoms with Gasteiger partial charge >= 0.3 is 0 Å². The maximum Gasteiger partial charge on any atom is 0.0709 e. The smallest absolute Gasteiger partial charge is 0.0709 e. The van der Waals surface area contributed by atoms with Crippen LogP contribution in [0.2, 0.25) is 0 Å². The molecule has 0 aliphatic heterocycles. The van der Waals surface area contributed by atoms with Gasteiger partial charge in [0.15, 0.2) is 0 Å². The molecule has 0 saturated heterocycles. The molecule has 3 rings (SSSR count). The van der Waals surface area contributed by atoms with Crippen LogP contribution in [0.25, 0.3) is 23.4 Å². The number of pyridine rings is 1. The Kier molecular flexibility index (Phi) is 2.52. The second-order valence-electron chi connectivity index (χ2n) is 4.62. The van der Waals surface area contributed by atoms with Crippen molar-refractivity contribution in [3.63, 3.8) is 0 Å². The summed E-state index contributed by atoms with van der Waals surface area (Å²) in [6.07, 6.45) is 5.67. The summed E-state index contributed by atoms with van der Waals surface area (Å²) in [5, 5.41) is 2.40. The summed E-state index contributed by atoms with van der Waals surface area (Å²) in [6.45, 7) is 2.23. The number of hydrogen-bond acceptors (Lipinski definition) is 1. The predicted octanol–water partition coefficient (Wildman–Crippen LogP) is 2.35. The van der Waals surface area contributed by atoms with Gasteiger partial charge in [0, 0.05) is 5.56 Å². The van der Waals surface area contributed by atoms with Crippen molar-refractivity contribution in [1.29, 1.82) is 0 Å². The number of nitrogens with zero attached hydrogens (tertiary/aromatic N) is 1. The van der Waals surface area contributed by atoms with Crippen LogP contribution in [0, 0.1) is 5.92 Å². The molecule has 0 saturated carbocycles. The molecule has 0 spiro atoms. The van der Waals surface area contributed by atoms with E-state index in [9.17, 15) is 0 Å². The van der Waals surface area contributed by atoms with Crippen LogP contribution in [0.4, 0.5) is 0 Å². The SMILES string of the molecule is C[C@H]1C=c2nc(-c3ccccc3)ccc2=CC1. The number of benzene rings is 1. The number of aromatic nitrogens is 1. The summed E-state index contributed by atoms with van der Waals surface area (Å²) in [6, 6.07) is 14.6. The molecular formula is C16H15N. The maximum absolute atomic E-state index is 4.75. The first-order valence-electron chi connectivity index (χ1n) is 6.07. The van der Waals surface area contributed by atoms with E-state index in [1.807, 2.05) is 6.07 Å². The molecule has 0 bridgehead atoms. The van der Waals surface area contributed by atoms with E-state index >= 15 is 0 Å². The molecule has 1 aromatic heterocycles. The van der Waals surface area contributed by atoms with Crippen LogP contribution in [0.1, 0.15) is 13.3 Å². The molecule has 1 aliphatic rings. The zero-order valence-electron chi connectivity index (χ0n) is 9.93. The Morgan fingerprint density at radius 2 is 1.88 bits per heavy atom. The molecule has 84 valence electrons. The molecular weight excluding hydrogens is 206 g/mol. The van der Waals surface area contributed by atoms with E-state index in [0.717, 1.165) is 17.5 Å². The molecule has 1 nitrogen and oxygen atoms in total. The average molecular weight is 221 g/mol. The first-order valence-corrected chi connectivity index (χ1v) is 6.07. The molecule has 1 aromatic carbocycles. The third kappa shape index (κ3) is 2.01. The van der Waals surface area contributed by atoms with Gasteiger partial charge in [-0.25, -0.2) is 4.98 Å². The third-order valence-corrected chi connectivity index (χ3v) is 3.18. The Morgan fingerprint density at radius 1 is 1.06 bits per heavy atom. The van der Waals surface area contributed by atoms with Crippen molar-refractivity contribution in [1.82, 2.24) is 4.98 Å². The minimum atomic E-state index is 0.598. The highest BCUT2D eigenvalue weighted by atomic mass is 14.7. The van der Waals surface area contributed by atoms with E-state index in [4.69, 9.17) is 4.98 Å². The summed E-state index contributed by atoms with van der Waals surface area (Å²) in [5.74, 6) is 0.598. The Morgan fingerprint density at radius 3 is 2.71 bits per heavy atom. The monoisotopic (exact) mass is 221 g/mol. The molecule has 0 unspecified atom stereocenters. The van der Waals surface area contributed by atoms with Gasteiger partial charge in [-0.1, -0.05) is 55.5 Å². The second-order valence-corrected chi connectivity index (χ2v) is 4.62. The van der Waals surface area contributed by atoms with Crippen LogP contribution in [0.3, 0.4) is 0 Å². The Labute approximate surface area is 101 Å². The standard InChI is InChI=1S/C16H15N/c1-12-7-8-14-9-10-15(17-16(14)11-12)13-5-3-2-4-6-13/h2-6,8-12H,7H2,1H3/t12-/m1/s1. The fraction of sp³-hybridized carbons (Fsp3) is 0.188. The van der Waals surface area contributed by atoms with Crippen molar-refractivity contribution >= 4 is 12.2 Å². The fourth-order valence-corrected chi connectivity index (χ4v) is 2.21. The van der Waals surface area contributed by atoms with Gasteiger partial charge in [0.05, 0.1) is 11.0 Å². The van der Waals surface area contributed by atoms with Crippen molar-refractivity contribution < 1.29 is 0 Å². The van der Waals surface area contributed by atoms with Crippen LogP contribution in [-0.4, -0.2) is 4.98 Å². The van der Waals surface area contributed by atoms with Gasteiger partial charge in [-0.2, -0.15) is 0 Å². The highest BCUT2D eigenvalue weighted by Gasteiger charge is 2.04. The summed E-state index contributed by atoms with van der Waals surface area (Å²) >= 11 is 0. The van der Waals surface area contributed by atoms with Crippen molar-refractivity contribution in [3.8, 4) is 11.3 Å². The van der Waals surface area contributed by atoms with E-state index in [2.05, 4.69) is 55.5 Å². The van der Waals surface area contributed by atoms with Gasteiger partial charge in [-0.3, -0.25) is 0 Å². The molecule has 0 fully saturated rings. The van der Waals surface area contributed by atoms with Crippen molar-refractivity contribution in [3.05, 3.63) is 53.0 Å².